The average molecular weight is 346 g/mol. The van der Waals surface area contributed by atoms with Gasteiger partial charge in [0.25, 0.3) is 0 Å². The van der Waals surface area contributed by atoms with E-state index in [0.29, 0.717) is 0 Å². The van der Waals surface area contributed by atoms with Crippen molar-refractivity contribution in [1.29, 1.82) is 0 Å². The third-order valence-electron chi connectivity index (χ3n) is 3.61. The number of carbonyl (C=O) groups excluding carboxylic acids is 4. The van der Waals surface area contributed by atoms with Gasteiger partial charge in [-0.05, 0) is 24.3 Å². The van der Waals surface area contributed by atoms with E-state index in [0.717, 1.165) is 24.3 Å². The molecule has 2 aromatic rings. The van der Waals surface area contributed by atoms with E-state index < -0.39 is 47.0 Å². The first-order valence-corrected chi connectivity index (χ1v) is 6.73. The summed E-state index contributed by atoms with van der Waals surface area (Å²) in [5, 5.41) is 0. The molecule has 2 aromatic carbocycles. The maximum atomic E-state index is 14.1. The van der Waals surface area contributed by atoms with Gasteiger partial charge in [-0.1, -0.05) is 0 Å². The molecule has 0 amide bonds. The first-order valence-electron chi connectivity index (χ1n) is 6.73. The summed E-state index contributed by atoms with van der Waals surface area (Å²) in [5.41, 5.74) is -1.04. The van der Waals surface area contributed by atoms with E-state index >= 15 is 0 Å². The molecule has 2 aliphatic rings. The lowest BCUT2D eigenvalue weighted by molar-refractivity contribution is 0.0425. The molecule has 2 aliphatic heterocycles. The second-order valence-corrected chi connectivity index (χ2v) is 5.11. The van der Waals surface area contributed by atoms with E-state index in [9.17, 15) is 28.0 Å². The van der Waals surface area contributed by atoms with Crippen LogP contribution < -0.4 is 4.74 Å². The van der Waals surface area contributed by atoms with Gasteiger partial charge in [-0.2, -0.15) is 0 Å². The van der Waals surface area contributed by atoms with E-state index in [2.05, 4.69) is 9.47 Å². The molecule has 0 atom stereocenters. The van der Waals surface area contributed by atoms with Crippen LogP contribution in [0.5, 0.6) is 11.5 Å². The number of cyclic esters (lactones) is 4. The second-order valence-electron chi connectivity index (χ2n) is 5.11. The van der Waals surface area contributed by atoms with Gasteiger partial charge in [0.1, 0.15) is 0 Å². The molecule has 0 aliphatic carbocycles. The first-order chi connectivity index (χ1) is 11.8. The number of esters is 4. The Hall–Kier alpha value is -3.62. The topological polar surface area (TPSA) is 96.0 Å². The number of halogens is 2. The molecule has 0 bridgehead atoms. The molecule has 0 spiro atoms. The Morgan fingerprint density at radius 3 is 1.28 bits per heavy atom. The Bertz CT molecular complexity index is 944. The fourth-order valence-corrected chi connectivity index (χ4v) is 2.45. The molecule has 0 N–H and O–H groups in total. The van der Waals surface area contributed by atoms with Crippen LogP contribution in [0.2, 0.25) is 0 Å². The van der Waals surface area contributed by atoms with Gasteiger partial charge in [0, 0.05) is 0 Å². The van der Waals surface area contributed by atoms with Crippen molar-refractivity contribution in [3.8, 4) is 11.5 Å². The van der Waals surface area contributed by atoms with Gasteiger partial charge < -0.3 is 14.2 Å². The number of carbonyl (C=O) groups is 4. The summed E-state index contributed by atoms with van der Waals surface area (Å²) in [6.45, 7) is 0. The highest BCUT2D eigenvalue weighted by Gasteiger charge is 2.34. The minimum absolute atomic E-state index is 0.238. The largest absolute Gasteiger partial charge is 0.451 e. The minimum atomic E-state index is -1.05. The van der Waals surface area contributed by atoms with E-state index in [1.54, 1.807) is 0 Å². The van der Waals surface area contributed by atoms with Crippen LogP contribution in [0.25, 0.3) is 0 Å². The smallest absolute Gasteiger partial charge is 0.347 e. The lowest BCUT2D eigenvalue weighted by Gasteiger charge is -2.09. The molecule has 0 unspecified atom stereocenters. The summed E-state index contributed by atoms with van der Waals surface area (Å²) >= 11 is 0. The van der Waals surface area contributed by atoms with Crippen molar-refractivity contribution in [2.45, 2.75) is 0 Å². The summed E-state index contributed by atoms with van der Waals surface area (Å²) < 4.78 is 41.9. The maximum Gasteiger partial charge on any atom is 0.347 e. The predicted molar refractivity (Wildman–Crippen MR) is 72.4 cm³/mol. The number of rotatable bonds is 2. The van der Waals surface area contributed by atoms with Gasteiger partial charge in [0.05, 0.1) is 22.3 Å². The zero-order chi connectivity index (χ0) is 17.9. The van der Waals surface area contributed by atoms with Crippen molar-refractivity contribution in [3.05, 3.63) is 58.2 Å². The third-order valence-corrected chi connectivity index (χ3v) is 3.61. The molecular weight excluding hydrogens is 342 g/mol. The minimum Gasteiger partial charge on any atom is -0.451 e. The maximum absolute atomic E-state index is 14.1. The summed E-state index contributed by atoms with van der Waals surface area (Å²) in [6, 6.07) is 3.21. The van der Waals surface area contributed by atoms with Gasteiger partial charge in [0.2, 0.25) is 0 Å². The van der Waals surface area contributed by atoms with E-state index in [1.165, 1.54) is 0 Å². The molecule has 4 rings (SSSR count). The normalized spacial score (nSPS) is 15.0. The molecule has 9 heteroatoms. The summed E-state index contributed by atoms with van der Waals surface area (Å²) in [5.74, 6) is -7.23. The third kappa shape index (κ3) is 2.17. The van der Waals surface area contributed by atoms with Crippen molar-refractivity contribution in [1.82, 2.24) is 0 Å². The molecule has 124 valence electrons. The van der Waals surface area contributed by atoms with Crippen molar-refractivity contribution in [3.63, 3.8) is 0 Å². The molecule has 25 heavy (non-hydrogen) atoms. The van der Waals surface area contributed by atoms with Crippen molar-refractivity contribution < 1.29 is 42.2 Å². The van der Waals surface area contributed by atoms with Gasteiger partial charge in [-0.15, -0.1) is 0 Å². The van der Waals surface area contributed by atoms with Crippen LogP contribution in [0.1, 0.15) is 41.4 Å². The number of benzene rings is 2. The van der Waals surface area contributed by atoms with Crippen molar-refractivity contribution >= 4 is 23.9 Å². The van der Waals surface area contributed by atoms with Crippen LogP contribution in [-0.2, 0) is 9.47 Å². The van der Waals surface area contributed by atoms with E-state index in [1.807, 2.05) is 0 Å². The van der Waals surface area contributed by atoms with Gasteiger partial charge >= 0.3 is 23.9 Å². The number of fused-ring (bicyclic) bond motifs is 2. The molecule has 0 radical (unpaired) electrons. The summed E-state index contributed by atoms with van der Waals surface area (Å²) in [6.07, 6.45) is 0. The summed E-state index contributed by atoms with van der Waals surface area (Å²) in [7, 11) is 0. The highest BCUT2D eigenvalue weighted by Crippen LogP contribution is 2.34. The van der Waals surface area contributed by atoms with Crippen LogP contribution in [-0.4, -0.2) is 23.9 Å². The molecule has 0 saturated carbocycles. The van der Waals surface area contributed by atoms with Crippen molar-refractivity contribution in [2.24, 2.45) is 0 Å². The predicted octanol–water partition coefficient (Wildman–Crippen LogP) is 2.38. The van der Waals surface area contributed by atoms with Gasteiger partial charge in [-0.3, -0.25) is 0 Å². The monoisotopic (exact) mass is 346 g/mol. The zero-order valence-electron chi connectivity index (χ0n) is 11.9. The Balaban J connectivity index is 1.77. The lowest BCUT2D eigenvalue weighted by atomic mass is 10.1. The molecular formula is C16H4F2O7. The van der Waals surface area contributed by atoms with E-state index in [-0.39, 0.29) is 22.3 Å². The number of hydrogen-bond acceptors (Lipinski definition) is 7. The Morgan fingerprint density at radius 2 is 0.920 bits per heavy atom. The van der Waals surface area contributed by atoms with Crippen molar-refractivity contribution in [2.75, 3.05) is 0 Å². The highest BCUT2D eigenvalue weighted by atomic mass is 19.1. The molecule has 7 nitrogen and oxygen atoms in total. The lowest BCUT2D eigenvalue weighted by Crippen LogP contribution is -2.00. The van der Waals surface area contributed by atoms with Gasteiger partial charge in [-0.25, -0.2) is 28.0 Å². The average Bonchev–Trinajstić information content (AvgIpc) is 2.97. The van der Waals surface area contributed by atoms with E-state index in [4.69, 9.17) is 4.74 Å². The number of ether oxygens (including phenoxy) is 3. The molecule has 0 aromatic heterocycles. The van der Waals surface area contributed by atoms with Crippen LogP contribution in [0.15, 0.2) is 24.3 Å². The summed E-state index contributed by atoms with van der Waals surface area (Å²) in [4.78, 5) is 45.7. The Kier molecular flexibility index (Phi) is 2.95. The van der Waals surface area contributed by atoms with Crippen LogP contribution in [0.4, 0.5) is 8.78 Å². The van der Waals surface area contributed by atoms with Crippen LogP contribution >= 0.6 is 0 Å². The second kappa shape index (κ2) is 4.94. The van der Waals surface area contributed by atoms with Crippen LogP contribution in [0, 0.1) is 11.6 Å². The quantitative estimate of drug-likeness (QED) is 0.608. The number of hydrogen-bond donors (Lipinski definition) is 0. The van der Waals surface area contributed by atoms with Gasteiger partial charge in [0.15, 0.2) is 23.1 Å². The standard InChI is InChI=1S/C16H4F2O7/c17-9-1-5-7(15(21)24-13(5)19)3-11(9)23-12-4-8-6(2-10(12)18)14(20)25-16(8)22/h1-4H. The zero-order valence-corrected chi connectivity index (χ0v) is 11.9. The first kappa shape index (κ1) is 14.9. The molecule has 0 fully saturated rings. The highest BCUT2D eigenvalue weighted by molar-refractivity contribution is 6.15. The molecule has 2 heterocycles. The van der Waals surface area contributed by atoms with Crippen LogP contribution in [0.3, 0.4) is 0 Å². The SMILES string of the molecule is O=C1OC(=O)c2cc(Oc3cc4c(cc3F)C(=O)OC4=O)c(F)cc21. The fraction of sp³-hybridized carbons (Fsp3) is 0. The molecule has 0 saturated heterocycles. The Morgan fingerprint density at radius 1 is 0.600 bits per heavy atom. The Labute approximate surface area is 136 Å². The fourth-order valence-electron chi connectivity index (χ4n) is 2.45.